The Balaban J connectivity index is 1.83. The van der Waals surface area contributed by atoms with Crippen LogP contribution in [-0.4, -0.2) is 14.6 Å². The summed E-state index contributed by atoms with van der Waals surface area (Å²) in [6.45, 7) is 0. The maximum Gasteiger partial charge on any atom is 0.276 e. The first-order valence-corrected chi connectivity index (χ1v) is 8.22. The van der Waals surface area contributed by atoms with E-state index in [1.165, 1.54) is 6.21 Å². The minimum Gasteiger partial charge on any atom is -0.200 e. The molecular weight excluding hydrogens is 296 g/mol. The van der Waals surface area contributed by atoms with E-state index in [1.54, 1.807) is 18.2 Å². The monoisotopic (exact) mass is 310 g/mol. The lowest BCUT2D eigenvalue weighted by Crippen LogP contribution is -2.18. The second-order valence-electron chi connectivity index (χ2n) is 4.77. The lowest BCUT2D eigenvalue weighted by atomic mass is 10.1. The van der Waals surface area contributed by atoms with Crippen molar-refractivity contribution in [2.24, 2.45) is 5.10 Å². The van der Waals surface area contributed by atoms with Crippen LogP contribution in [0.2, 0.25) is 0 Å². The molecule has 0 fully saturated rings. The highest BCUT2D eigenvalue weighted by molar-refractivity contribution is 7.89. The summed E-state index contributed by atoms with van der Waals surface area (Å²) in [6.07, 6.45) is 1.47. The Morgan fingerprint density at radius 1 is 0.818 bits per heavy atom. The van der Waals surface area contributed by atoms with Gasteiger partial charge in [0.05, 0.1) is 11.1 Å². The van der Waals surface area contributed by atoms with E-state index in [4.69, 9.17) is 0 Å². The van der Waals surface area contributed by atoms with Gasteiger partial charge < -0.3 is 0 Å². The third kappa shape index (κ3) is 3.15. The van der Waals surface area contributed by atoms with Crippen molar-refractivity contribution in [2.75, 3.05) is 0 Å². The summed E-state index contributed by atoms with van der Waals surface area (Å²) in [5.74, 6) is 0. The largest absolute Gasteiger partial charge is 0.276 e. The van der Waals surface area contributed by atoms with E-state index < -0.39 is 10.0 Å². The summed E-state index contributed by atoms with van der Waals surface area (Å²) in [6, 6.07) is 21.9. The minimum atomic E-state index is -3.67. The second kappa shape index (κ2) is 5.99. The molecule has 3 aromatic carbocycles. The molecule has 0 aliphatic heterocycles. The number of sulfonamides is 1. The van der Waals surface area contributed by atoms with Crippen molar-refractivity contribution >= 4 is 27.0 Å². The molecule has 1 N–H and O–H groups in total. The zero-order chi connectivity index (χ0) is 15.4. The number of hydrogen-bond acceptors (Lipinski definition) is 3. The van der Waals surface area contributed by atoms with Gasteiger partial charge in [-0.2, -0.15) is 13.5 Å². The quantitative estimate of drug-likeness (QED) is 0.594. The molecule has 0 saturated heterocycles. The topological polar surface area (TPSA) is 58.5 Å². The normalized spacial score (nSPS) is 11.8. The molecule has 5 heteroatoms. The molecule has 3 aromatic rings. The maximum absolute atomic E-state index is 12.2. The van der Waals surface area contributed by atoms with E-state index in [-0.39, 0.29) is 4.90 Å². The van der Waals surface area contributed by atoms with Gasteiger partial charge >= 0.3 is 0 Å². The van der Waals surface area contributed by atoms with Crippen LogP contribution in [0.25, 0.3) is 10.8 Å². The standard InChI is InChI=1S/C17H14N2O2S/c20-22(21,19-18-13-14-6-2-1-3-7-14)17-11-10-15-8-4-5-9-16(15)12-17/h1-13,19H. The molecular formula is C17H14N2O2S. The molecule has 0 aromatic heterocycles. The van der Waals surface area contributed by atoms with Crippen LogP contribution in [0.5, 0.6) is 0 Å². The number of benzene rings is 3. The highest BCUT2D eigenvalue weighted by atomic mass is 32.2. The average molecular weight is 310 g/mol. The highest BCUT2D eigenvalue weighted by Crippen LogP contribution is 2.18. The van der Waals surface area contributed by atoms with Crippen LogP contribution >= 0.6 is 0 Å². The zero-order valence-corrected chi connectivity index (χ0v) is 12.5. The van der Waals surface area contributed by atoms with Crippen molar-refractivity contribution in [1.29, 1.82) is 0 Å². The smallest absolute Gasteiger partial charge is 0.200 e. The molecule has 0 aliphatic rings. The predicted molar refractivity (Wildman–Crippen MR) is 88.3 cm³/mol. The molecule has 0 amide bonds. The second-order valence-corrected chi connectivity index (χ2v) is 6.43. The van der Waals surface area contributed by atoms with Crippen LogP contribution in [0, 0.1) is 0 Å². The lowest BCUT2D eigenvalue weighted by molar-refractivity contribution is 0.585. The van der Waals surface area contributed by atoms with Crippen LogP contribution in [0.1, 0.15) is 5.56 Å². The van der Waals surface area contributed by atoms with E-state index in [1.807, 2.05) is 54.6 Å². The lowest BCUT2D eigenvalue weighted by Gasteiger charge is -2.05. The number of hydrogen-bond donors (Lipinski definition) is 1. The summed E-state index contributed by atoms with van der Waals surface area (Å²) in [5.41, 5.74) is 0.823. The van der Waals surface area contributed by atoms with Gasteiger partial charge in [0.15, 0.2) is 0 Å². The Kier molecular flexibility index (Phi) is 3.89. The molecule has 0 aliphatic carbocycles. The molecule has 0 unspecified atom stereocenters. The predicted octanol–water partition coefficient (Wildman–Crippen LogP) is 3.15. The van der Waals surface area contributed by atoms with Gasteiger partial charge in [0.25, 0.3) is 10.0 Å². The summed E-state index contributed by atoms with van der Waals surface area (Å²) in [5, 5.41) is 5.67. The van der Waals surface area contributed by atoms with E-state index in [0.717, 1.165) is 16.3 Å². The Morgan fingerprint density at radius 2 is 1.50 bits per heavy atom. The molecule has 22 heavy (non-hydrogen) atoms. The molecule has 0 radical (unpaired) electrons. The van der Waals surface area contributed by atoms with Gasteiger partial charge in [-0.25, -0.2) is 4.83 Å². The number of nitrogens with zero attached hydrogens (tertiary/aromatic N) is 1. The Morgan fingerprint density at radius 3 is 2.27 bits per heavy atom. The number of fused-ring (bicyclic) bond motifs is 1. The Labute approximate surface area is 129 Å². The van der Waals surface area contributed by atoms with Crippen LogP contribution in [-0.2, 0) is 10.0 Å². The highest BCUT2D eigenvalue weighted by Gasteiger charge is 2.12. The van der Waals surface area contributed by atoms with Crippen molar-refractivity contribution in [3.05, 3.63) is 78.4 Å². The van der Waals surface area contributed by atoms with E-state index in [9.17, 15) is 8.42 Å². The zero-order valence-electron chi connectivity index (χ0n) is 11.7. The fourth-order valence-electron chi connectivity index (χ4n) is 2.10. The van der Waals surface area contributed by atoms with Gasteiger partial charge in [-0.15, -0.1) is 0 Å². The number of rotatable bonds is 4. The molecule has 0 bridgehead atoms. The van der Waals surface area contributed by atoms with Crippen molar-refractivity contribution < 1.29 is 8.42 Å². The molecule has 3 rings (SSSR count). The van der Waals surface area contributed by atoms with Crippen molar-refractivity contribution in [1.82, 2.24) is 4.83 Å². The first-order valence-electron chi connectivity index (χ1n) is 6.74. The first-order chi connectivity index (χ1) is 10.6. The van der Waals surface area contributed by atoms with Crippen LogP contribution in [0.15, 0.2) is 82.8 Å². The van der Waals surface area contributed by atoms with Gasteiger partial charge in [0.1, 0.15) is 0 Å². The fraction of sp³-hybridized carbons (Fsp3) is 0. The third-order valence-electron chi connectivity index (χ3n) is 3.22. The SMILES string of the molecule is O=S(=O)(NN=Cc1ccccc1)c1ccc2ccccc2c1. The van der Waals surface area contributed by atoms with E-state index >= 15 is 0 Å². The van der Waals surface area contributed by atoms with Crippen molar-refractivity contribution in [3.8, 4) is 0 Å². The van der Waals surface area contributed by atoms with Crippen LogP contribution < -0.4 is 4.83 Å². The van der Waals surface area contributed by atoms with Crippen molar-refractivity contribution in [3.63, 3.8) is 0 Å². The van der Waals surface area contributed by atoms with Crippen molar-refractivity contribution in [2.45, 2.75) is 4.90 Å². The average Bonchev–Trinajstić information content (AvgIpc) is 2.55. The third-order valence-corrected chi connectivity index (χ3v) is 4.44. The van der Waals surface area contributed by atoms with Gasteiger partial charge in [-0.3, -0.25) is 0 Å². The number of hydrazone groups is 1. The van der Waals surface area contributed by atoms with E-state index in [2.05, 4.69) is 9.93 Å². The maximum atomic E-state index is 12.2. The van der Waals surface area contributed by atoms with Crippen LogP contribution in [0.3, 0.4) is 0 Å². The summed E-state index contributed by atoms with van der Waals surface area (Å²) in [7, 11) is -3.67. The van der Waals surface area contributed by atoms with Crippen LogP contribution in [0.4, 0.5) is 0 Å². The molecule has 0 saturated carbocycles. The molecule has 0 spiro atoms. The molecule has 0 atom stereocenters. The van der Waals surface area contributed by atoms with E-state index in [0.29, 0.717) is 0 Å². The molecule has 4 nitrogen and oxygen atoms in total. The summed E-state index contributed by atoms with van der Waals surface area (Å²) >= 11 is 0. The number of nitrogens with one attached hydrogen (secondary N) is 1. The Hall–Kier alpha value is -2.66. The summed E-state index contributed by atoms with van der Waals surface area (Å²) < 4.78 is 24.5. The van der Waals surface area contributed by atoms with Gasteiger partial charge in [0.2, 0.25) is 0 Å². The summed E-state index contributed by atoms with van der Waals surface area (Å²) in [4.78, 5) is 2.42. The molecule has 0 heterocycles. The van der Waals surface area contributed by atoms with Gasteiger partial charge in [-0.05, 0) is 28.5 Å². The minimum absolute atomic E-state index is 0.191. The molecule has 110 valence electrons. The van der Waals surface area contributed by atoms with Gasteiger partial charge in [0, 0.05) is 0 Å². The van der Waals surface area contributed by atoms with Gasteiger partial charge in [-0.1, -0.05) is 60.7 Å². The Bertz CT molecular complexity index is 920. The fourth-order valence-corrected chi connectivity index (χ4v) is 2.92. The first kappa shape index (κ1) is 14.3.